The van der Waals surface area contributed by atoms with E-state index in [-0.39, 0.29) is 0 Å². The largest absolute Gasteiger partial charge is 0.356 e. The van der Waals surface area contributed by atoms with Gasteiger partial charge < -0.3 is 20.4 Å². The van der Waals surface area contributed by atoms with E-state index in [1.54, 1.807) is 0 Å². The summed E-state index contributed by atoms with van der Waals surface area (Å²) < 4.78 is 0. The number of rotatable bonds is 8. The molecule has 0 amide bonds. The molecule has 1 heterocycles. The smallest absolute Gasteiger partial charge is 0.190 e. The van der Waals surface area contributed by atoms with Crippen molar-refractivity contribution in [3.8, 4) is 0 Å². The molecule has 1 aliphatic carbocycles. The van der Waals surface area contributed by atoms with Gasteiger partial charge in [-0.3, -0.25) is 4.99 Å². The van der Waals surface area contributed by atoms with Crippen LogP contribution in [0.25, 0.3) is 0 Å². The number of likely N-dealkylation sites (N-methyl/N-ethyl adjacent to an activating group) is 1. The van der Waals surface area contributed by atoms with E-state index in [2.05, 4.69) is 39.4 Å². The highest BCUT2D eigenvalue weighted by molar-refractivity contribution is 5.79. The Balaban J connectivity index is 1.53. The van der Waals surface area contributed by atoms with Gasteiger partial charge in [-0.05, 0) is 31.7 Å². The Bertz CT molecular complexity index is 357. The maximum absolute atomic E-state index is 4.36. The Hall–Kier alpha value is -0.810. The fourth-order valence-corrected chi connectivity index (χ4v) is 3.92. The molecule has 0 aromatic rings. The lowest BCUT2D eigenvalue weighted by Gasteiger charge is -2.34. The first kappa shape index (κ1) is 19.5. The molecule has 0 radical (unpaired) electrons. The molecule has 0 bridgehead atoms. The highest BCUT2D eigenvalue weighted by Gasteiger charge is 2.16. The van der Waals surface area contributed by atoms with E-state index in [0.717, 1.165) is 25.0 Å². The van der Waals surface area contributed by atoms with Crippen LogP contribution in [0.2, 0.25) is 0 Å². The highest BCUT2D eigenvalue weighted by Crippen LogP contribution is 2.28. The second-order valence-corrected chi connectivity index (χ2v) is 7.88. The molecule has 24 heavy (non-hydrogen) atoms. The minimum atomic E-state index is 0.644. The number of aliphatic imine (C=N–C) groups is 1. The zero-order valence-corrected chi connectivity index (χ0v) is 16.2. The van der Waals surface area contributed by atoms with Crippen molar-refractivity contribution in [2.24, 2.45) is 16.8 Å². The monoisotopic (exact) mass is 337 g/mol. The molecule has 2 fully saturated rings. The number of piperazine rings is 1. The summed E-state index contributed by atoms with van der Waals surface area (Å²) in [7, 11) is 4.09. The Morgan fingerprint density at radius 1 is 1.12 bits per heavy atom. The lowest BCUT2D eigenvalue weighted by Crippen LogP contribution is -2.47. The van der Waals surface area contributed by atoms with Crippen LogP contribution < -0.4 is 10.6 Å². The van der Waals surface area contributed by atoms with Crippen LogP contribution in [0.1, 0.15) is 45.4 Å². The first-order chi connectivity index (χ1) is 11.7. The van der Waals surface area contributed by atoms with Crippen LogP contribution >= 0.6 is 0 Å². The molecule has 5 nitrogen and oxygen atoms in total. The standard InChI is InChI=1S/C19H39N5/c1-17(16-24-13-11-23(3)12-14-24)15-22-19(20-2)21-10-6-9-18-7-4-5-8-18/h17-18H,4-16H2,1-3H3,(H2,20,21,22). The van der Waals surface area contributed by atoms with E-state index in [4.69, 9.17) is 0 Å². The lowest BCUT2D eigenvalue weighted by atomic mass is 10.0. The topological polar surface area (TPSA) is 42.9 Å². The van der Waals surface area contributed by atoms with Gasteiger partial charge in [0.25, 0.3) is 0 Å². The van der Waals surface area contributed by atoms with Crippen LogP contribution in [0.15, 0.2) is 4.99 Å². The SMILES string of the molecule is CN=C(NCCCC1CCCC1)NCC(C)CN1CCN(C)CC1. The van der Waals surface area contributed by atoms with E-state index < -0.39 is 0 Å². The minimum absolute atomic E-state index is 0.644. The average molecular weight is 338 g/mol. The summed E-state index contributed by atoms with van der Waals surface area (Å²) in [5.74, 6) is 2.60. The normalized spacial score (nSPS) is 22.7. The van der Waals surface area contributed by atoms with Crippen molar-refractivity contribution in [2.75, 3.05) is 59.9 Å². The highest BCUT2D eigenvalue weighted by atomic mass is 15.2. The van der Waals surface area contributed by atoms with Gasteiger partial charge in [0.2, 0.25) is 0 Å². The van der Waals surface area contributed by atoms with Gasteiger partial charge in [-0.25, -0.2) is 0 Å². The van der Waals surface area contributed by atoms with E-state index >= 15 is 0 Å². The molecule has 1 unspecified atom stereocenters. The zero-order valence-electron chi connectivity index (χ0n) is 16.2. The Labute approximate surface area is 149 Å². The molecule has 0 spiro atoms. The van der Waals surface area contributed by atoms with Gasteiger partial charge in [-0.2, -0.15) is 0 Å². The minimum Gasteiger partial charge on any atom is -0.356 e. The van der Waals surface area contributed by atoms with Crippen LogP contribution in [0.3, 0.4) is 0 Å². The van der Waals surface area contributed by atoms with Crippen LogP contribution in [0, 0.1) is 11.8 Å². The molecular weight excluding hydrogens is 298 g/mol. The van der Waals surface area contributed by atoms with Crippen LogP contribution in [0.4, 0.5) is 0 Å². The Kier molecular flexibility index (Phi) is 8.89. The van der Waals surface area contributed by atoms with E-state index in [0.29, 0.717) is 5.92 Å². The van der Waals surface area contributed by atoms with E-state index in [1.807, 2.05) is 7.05 Å². The Morgan fingerprint density at radius 3 is 2.50 bits per heavy atom. The van der Waals surface area contributed by atoms with Crippen LogP contribution in [0.5, 0.6) is 0 Å². The predicted octanol–water partition coefficient (Wildman–Crippen LogP) is 2.01. The van der Waals surface area contributed by atoms with Gasteiger partial charge in [0.1, 0.15) is 0 Å². The average Bonchev–Trinajstić information content (AvgIpc) is 3.10. The van der Waals surface area contributed by atoms with Gasteiger partial charge in [-0.15, -0.1) is 0 Å². The second-order valence-electron chi connectivity index (χ2n) is 7.88. The predicted molar refractivity (Wildman–Crippen MR) is 104 cm³/mol. The molecule has 140 valence electrons. The summed E-state index contributed by atoms with van der Waals surface area (Å²) in [6, 6.07) is 0. The number of nitrogens with one attached hydrogen (secondary N) is 2. The third kappa shape index (κ3) is 7.39. The summed E-state index contributed by atoms with van der Waals surface area (Å²) >= 11 is 0. The summed E-state index contributed by atoms with van der Waals surface area (Å²) in [5, 5.41) is 6.97. The molecule has 1 saturated carbocycles. The molecular formula is C19H39N5. The fraction of sp³-hybridized carbons (Fsp3) is 0.947. The van der Waals surface area contributed by atoms with Crippen molar-refractivity contribution in [1.29, 1.82) is 0 Å². The summed E-state index contributed by atoms with van der Waals surface area (Å²) in [6.07, 6.45) is 8.46. The van der Waals surface area contributed by atoms with Crippen molar-refractivity contribution >= 4 is 5.96 Å². The van der Waals surface area contributed by atoms with E-state index in [9.17, 15) is 0 Å². The van der Waals surface area contributed by atoms with Gasteiger partial charge in [-0.1, -0.05) is 32.6 Å². The second kappa shape index (κ2) is 10.9. The molecule has 5 heteroatoms. The number of guanidine groups is 1. The van der Waals surface area contributed by atoms with Crippen molar-refractivity contribution in [3.05, 3.63) is 0 Å². The van der Waals surface area contributed by atoms with Crippen LogP contribution in [-0.4, -0.2) is 75.7 Å². The maximum Gasteiger partial charge on any atom is 0.190 e. The van der Waals surface area contributed by atoms with E-state index in [1.165, 1.54) is 71.2 Å². The van der Waals surface area contributed by atoms with Crippen molar-refractivity contribution in [3.63, 3.8) is 0 Å². The maximum atomic E-state index is 4.36. The fourth-order valence-electron chi connectivity index (χ4n) is 3.92. The molecule has 0 aromatic heterocycles. The first-order valence-corrected chi connectivity index (χ1v) is 10.0. The summed E-state index contributed by atoms with van der Waals surface area (Å²) in [5.41, 5.74) is 0. The molecule has 1 aliphatic heterocycles. The van der Waals surface area contributed by atoms with Gasteiger partial charge in [0.05, 0.1) is 0 Å². The van der Waals surface area contributed by atoms with Gasteiger partial charge in [0, 0.05) is 52.9 Å². The third-order valence-electron chi connectivity index (χ3n) is 5.56. The third-order valence-corrected chi connectivity index (χ3v) is 5.56. The molecule has 1 saturated heterocycles. The summed E-state index contributed by atoms with van der Waals surface area (Å²) in [4.78, 5) is 9.36. The molecule has 0 aromatic carbocycles. The number of nitrogens with zero attached hydrogens (tertiary/aromatic N) is 3. The zero-order chi connectivity index (χ0) is 17.2. The molecule has 2 N–H and O–H groups in total. The lowest BCUT2D eigenvalue weighted by molar-refractivity contribution is 0.139. The molecule has 2 rings (SSSR count). The van der Waals surface area contributed by atoms with Gasteiger partial charge in [0.15, 0.2) is 5.96 Å². The van der Waals surface area contributed by atoms with Crippen LogP contribution in [-0.2, 0) is 0 Å². The van der Waals surface area contributed by atoms with Gasteiger partial charge >= 0.3 is 0 Å². The summed E-state index contributed by atoms with van der Waals surface area (Å²) in [6.45, 7) is 10.4. The molecule has 1 atom stereocenters. The molecule has 2 aliphatic rings. The number of hydrogen-bond donors (Lipinski definition) is 2. The van der Waals surface area contributed by atoms with Crippen molar-refractivity contribution in [1.82, 2.24) is 20.4 Å². The van der Waals surface area contributed by atoms with Crippen molar-refractivity contribution < 1.29 is 0 Å². The Morgan fingerprint density at radius 2 is 1.83 bits per heavy atom. The first-order valence-electron chi connectivity index (χ1n) is 10.0. The van der Waals surface area contributed by atoms with Crippen molar-refractivity contribution in [2.45, 2.75) is 45.4 Å². The quantitative estimate of drug-likeness (QED) is 0.404. The number of hydrogen-bond acceptors (Lipinski definition) is 3.